The van der Waals surface area contributed by atoms with Crippen LogP contribution < -0.4 is 10.1 Å². The topological polar surface area (TPSA) is 47.0 Å². The van der Waals surface area contributed by atoms with Crippen molar-refractivity contribution in [3.63, 3.8) is 0 Å². The van der Waals surface area contributed by atoms with Crippen molar-refractivity contribution in [2.75, 3.05) is 11.9 Å². The van der Waals surface area contributed by atoms with Gasteiger partial charge < -0.3 is 10.1 Å². The van der Waals surface area contributed by atoms with Gasteiger partial charge in [0.25, 0.3) is 0 Å². The maximum atomic E-state index is 5.68. The second-order valence-electron chi connectivity index (χ2n) is 3.84. The number of ether oxygens (including phenoxy) is 1. The summed E-state index contributed by atoms with van der Waals surface area (Å²) in [5, 5.41) is 3.21. The largest absolute Gasteiger partial charge is 0.474 e. The lowest BCUT2D eigenvalue weighted by Crippen LogP contribution is -2.25. The second-order valence-corrected chi connectivity index (χ2v) is 3.84. The lowest BCUT2D eigenvalue weighted by Gasteiger charge is -2.25. The monoisotopic (exact) mass is 207 g/mol. The van der Waals surface area contributed by atoms with E-state index >= 15 is 0 Å². The minimum atomic E-state index is 0.374. The number of aromatic nitrogens is 2. The first-order chi connectivity index (χ1) is 7.38. The van der Waals surface area contributed by atoms with E-state index in [2.05, 4.69) is 22.2 Å². The summed E-state index contributed by atoms with van der Waals surface area (Å²) < 4.78 is 5.68. The van der Waals surface area contributed by atoms with E-state index in [-0.39, 0.29) is 0 Å². The molecule has 0 bridgehead atoms. The molecule has 0 spiro atoms. The number of nitrogens with one attached hydrogen (secondary N) is 1. The second kappa shape index (κ2) is 4.96. The van der Waals surface area contributed by atoms with Gasteiger partial charge in [0.15, 0.2) is 0 Å². The van der Waals surface area contributed by atoms with Gasteiger partial charge in [-0.25, -0.2) is 9.97 Å². The molecule has 1 aromatic rings. The van der Waals surface area contributed by atoms with Gasteiger partial charge in [-0.2, -0.15) is 0 Å². The van der Waals surface area contributed by atoms with Gasteiger partial charge in [0.1, 0.15) is 18.2 Å². The molecular formula is C11H17N3O. The number of hydrogen-bond acceptors (Lipinski definition) is 4. The van der Waals surface area contributed by atoms with Gasteiger partial charge in [0, 0.05) is 12.6 Å². The van der Waals surface area contributed by atoms with Crippen LogP contribution in [0.15, 0.2) is 12.4 Å². The molecular weight excluding hydrogens is 190 g/mol. The molecule has 4 heteroatoms. The molecule has 0 amide bonds. The third-order valence-electron chi connectivity index (χ3n) is 2.54. The Balaban J connectivity index is 1.92. The van der Waals surface area contributed by atoms with Crippen molar-refractivity contribution in [3.05, 3.63) is 12.4 Å². The first-order valence-electron chi connectivity index (χ1n) is 5.61. The SMILES string of the molecule is CCCNc1cc(OC2CCC2)ncn1. The van der Waals surface area contributed by atoms with E-state index in [1.54, 1.807) is 6.33 Å². The van der Waals surface area contributed by atoms with Crippen molar-refractivity contribution >= 4 is 5.82 Å². The molecule has 0 aliphatic heterocycles. The van der Waals surface area contributed by atoms with Crippen molar-refractivity contribution in [2.24, 2.45) is 0 Å². The van der Waals surface area contributed by atoms with E-state index in [4.69, 9.17) is 4.74 Å². The zero-order valence-corrected chi connectivity index (χ0v) is 9.07. The fraction of sp³-hybridized carbons (Fsp3) is 0.636. The first-order valence-corrected chi connectivity index (χ1v) is 5.61. The maximum Gasteiger partial charge on any atom is 0.218 e. The molecule has 2 rings (SSSR count). The third-order valence-corrected chi connectivity index (χ3v) is 2.54. The number of anilines is 1. The average Bonchev–Trinajstić information content (AvgIpc) is 2.21. The van der Waals surface area contributed by atoms with Crippen LogP contribution in [0.25, 0.3) is 0 Å². The number of rotatable bonds is 5. The standard InChI is InChI=1S/C11H17N3O/c1-2-6-12-10-7-11(14-8-13-10)15-9-4-3-5-9/h7-9H,2-6H2,1H3,(H,12,13,14). The molecule has 1 aliphatic rings. The van der Waals surface area contributed by atoms with Crippen LogP contribution in [-0.4, -0.2) is 22.6 Å². The van der Waals surface area contributed by atoms with Crippen molar-refractivity contribution in [3.8, 4) is 5.88 Å². The Morgan fingerprint density at radius 3 is 3.00 bits per heavy atom. The molecule has 1 saturated carbocycles. The lowest BCUT2D eigenvalue weighted by molar-refractivity contribution is 0.114. The van der Waals surface area contributed by atoms with Crippen LogP contribution in [0.1, 0.15) is 32.6 Å². The highest BCUT2D eigenvalue weighted by molar-refractivity contribution is 5.36. The summed E-state index contributed by atoms with van der Waals surface area (Å²) in [4.78, 5) is 8.22. The normalized spacial score (nSPS) is 15.8. The van der Waals surface area contributed by atoms with E-state index in [0.717, 1.165) is 31.6 Å². The summed E-state index contributed by atoms with van der Waals surface area (Å²) >= 11 is 0. The highest BCUT2D eigenvalue weighted by Gasteiger charge is 2.19. The average molecular weight is 207 g/mol. The molecule has 0 saturated heterocycles. The molecule has 0 atom stereocenters. The highest BCUT2D eigenvalue weighted by Crippen LogP contribution is 2.24. The molecule has 0 unspecified atom stereocenters. The van der Waals surface area contributed by atoms with Crippen molar-refractivity contribution in [2.45, 2.75) is 38.7 Å². The molecule has 15 heavy (non-hydrogen) atoms. The Bertz CT molecular complexity index is 312. The molecule has 1 heterocycles. The van der Waals surface area contributed by atoms with Gasteiger partial charge in [0.05, 0.1) is 0 Å². The van der Waals surface area contributed by atoms with Crippen LogP contribution in [0.2, 0.25) is 0 Å². The Hall–Kier alpha value is -1.32. The number of nitrogens with zero attached hydrogens (tertiary/aromatic N) is 2. The fourth-order valence-corrected chi connectivity index (χ4v) is 1.41. The molecule has 0 radical (unpaired) electrons. The van der Waals surface area contributed by atoms with E-state index < -0.39 is 0 Å². The Labute approximate surface area is 90.1 Å². The van der Waals surface area contributed by atoms with E-state index in [9.17, 15) is 0 Å². The zero-order chi connectivity index (χ0) is 10.5. The van der Waals surface area contributed by atoms with Gasteiger partial charge in [-0.15, -0.1) is 0 Å². The molecule has 1 aliphatic carbocycles. The molecule has 82 valence electrons. The van der Waals surface area contributed by atoms with Crippen LogP contribution in [-0.2, 0) is 0 Å². The van der Waals surface area contributed by atoms with E-state index in [0.29, 0.717) is 12.0 Å². The third kappa shape index (κ3) is 2.81. The van der Waals surface area contributed by atoms with Crippen LogP contribution in [0.4, 0.5) is 5.82 Å². The van der Waals surface area contributed by atoms with Gasteiger partial charge >= 0.3 is 0 Å². The predicted molar refractivity (Wildman–Crippen MR) is 59.1 cm³/mol. The van der Waals surface area contributed by atoms with Crippen LogP contribution in [0.3, 0.4) is 0 Å². The van der Waals surface area contributed by atoms with Gasteiger partial charge in [-0.1, -0.05) is 6.92 Å². The van der Waals surface area contributed by atoms with Crippen molar-refractivity contribution in [1.29, 1.82) is 0 Å². The minimum Gasteiger partial charge on any atom is -0.474 e. The summed E-state index contributed by atoms with van der Waals surface area (Å²) in [7, 11) is 0. The molecule has 1 fully saturated rings. The maximum absolute atomic E-state index is 5.68. The lowest BCUT2D eigenvalue weighted by atomic mass is 9.96. The quantitative estimate of drug-likeness (QED) is 0.804. The predicted octanol–water partition coefficient (Wildman–Crippen LogP) is 2.23. The summed E-state index contributed by atoms with van der Waals surface area (Å²) in [5.41, 5.74) is 0. The van der Waals surface area contributed by atoms with Crippen LogP contribution in [0.5, 0.6) is 5.88 Å². The molecule has 4 nitrogen and oxygen atoms in total. The molecule has 0 aromatic carbocycles. The summed E-state index contributed by atoms with van der Waals surface area (Å²) in [5.74, 6) is 1.54. The summed E-state index contributed by atoms with van der Waals surface area (Å²) in [6.45, 7) is 3.06. The van der Waals surface area contributed by atoms with Gasteiger partial charge in [0.2, 0.25) is 5.88 Å². The van der Waals surface area contributed by atoms with E-state index in [1.807, 2.05) is 6.07 Å². The number of hydrogen-bond donors (Lipinski definition) is 1. The molecule has 1 N–H and O–H groups in total. The zero-order valence-electron chi connectivity index (χ0n) is 9.07. The van der Waals surface area contributed by atoms with E-state index in [1.165, 1.54) is 6.42 Å². The Kier molecular flexibility index (Phi) is 3.37. The fourth-order valence-electron chi connectivity index (χ4n) is 1.41. The smallest absolute Gasteiger partial charge is 0.218 e. The minimum absolute atomic E-state index is 0.374. The molecule has 1 aromatic heterocycles. The summed E-state index contributed by atoms with van der Waals surface area (Å²) in [6, 6.07) is 1.87. The highest BCUT2D eigenvalue weighted by atomic mass is 16.5. The Morgan fingerprint density at radius 2 is 2.33 bits per heavy atom. The van der Waals surface area contributed by atoms with Crippen molar-refractivity contribution < 1.29 is 4.74 Å². The summed E-state index contributed by atoms with van der Waals surface area (Å²) in [6.07, 6.45) is 6.59. The van der Waals surface area contributed by atoms with Crippen molar-refractivity contribution in [1.82, 2.24) is 9.97 Å². The van der Waals surface area contributed by atoms with Gasteiger partial charge in [-0.05, 0) is 25.7 Å². The van der Waals surface area contributed by atoms with Crippen LogP contribution in [0, 0.1) is 0 Å². The Morgan fingerprint density at radius 1 is 1.47 bits per heavy atom. The van der Waals surface area contributed by atoms with Crippen LogP contribution >= 0.6 is 0 Å². The van der Waals surface area contributed by atoms with Gasteiger partial charge in [-0.3, -0.25) is 0 Å². The first kappa shape index (κ1) is 10.2.